The van der Waals surface area contributed by atoms with Crippen LogP contribution in [0.5, 0.6) is 5.75 Å². The Balaban J connectivity index is 2.56. The molecule has 3 heteroatoms. The standard InChI is InChI=1S/C12H19NO2/c1-3-10-6-4-5-7-12(10)15-9-11(8-14)13-2/h4-7,11,13-14H,3,8-9H2,1-2H3. The number of rotatable bonds is 6. The summed E-state index contributed by atoms with van der Waals surface area (Å²) in [5, 5.41) is 12.0. The van der Waals surface area contributed by atoms with Crippen molar-refractivity contribution in [3.05, 3.63) is 29.8 Å². The summed E-state index contributed by atoms with van der Waals surface area (Å²) in [6.45, 7) is 2.68. The van der Waals surface area contributed by atoms with Gasteiger partial charge in [0.15, 0.2) is 0 Å². The summed E-state index contributed by atoms with van der Waals surface area (Å²) in [5.74, 6) is 0.911. The Morgan fingerprint density at radius 1 is 1.40 bits per heavy atom. The maximum absolute atomic E-state index is 8.99. The van der Waals surface area contributed by atoms with E-state index in [1.165, 1.54) is 5.56 Å². The summed E-state index contributed by atoms with van der Waals surface area (Å²) >= 11 is 0. The normalized spacial score (nSPS) is 12.5. The molecule has 1 rings (SSSR count). The van der Waals surface area contributed by atoms with Gasteiger partial charge in [0, 0.05) is 0 Å². The number of aliphatic hydroxyl groups is 1. The van der Waals surface area contributed by atoms with E-state index in [1.54, 1.807) is 0 Å². The van der Waals surface area contributed by atoms with Crippen LogP contribution in [0.4, 0.5) is 0 Å². The highest BCUT2D eigenvalue weighted by Gasteiger charge is 2.06. The molecule has 2 N–H and O–H groups in total. The van der Waals surface area contributed by atoms with Gasteiger partial charge in [-0.05, 0) is 25.1 Å². The molecule has 84 valence electrons. The number of hydrogen-bond acceptors (Lipinski definition) is 3. The van der Waals surface area contributed by atoms with E-state index < -0.39 is 0 Å². The maximum atomic E-state index is 8.99. The number of likely N-dealkylation sites (N-methyl/N-ethyl adjacent to an activating group) is 1. The van der Waals surface area contributed by atoms with Crippen molar-refractivity contribution in [2.75, 3.05) is 20.3 Å². The number of nitrogens with one attached hydrogen (secondary N) is 1. The van der Waals surface area contributed by atoms with Crippen LogP contribution in [0.15, 0.2) is 24.3 Å². The summed E-state index contributed by atoms with van der Waals surface area (Å²) < 4.78 is 5.65. The Morgan fingerprint density at radius 2 is 2.13 bits per heavy atom. The van der Waals surface area contributed by atoms with Crippen molar-refractivity contribution in [1.82, 2.24) is 5.32 Å². The fourth-order valence-corrected chi connectivity index (χ4v) is 1.35. The molecule has 0 aliphatic carbocycles. The topological polar surface area (TPSA) is 41.5 Å². The molecule has 0 fully saturated rings. The Labute approximate surface area is 91.1 Å². The van der Waals surface area contributed by atoms with Crippen LogP contribution in [0.3, 0.4) is 0 Å². The summed E-state index contributed by atoms with van der Waals surface area (Å²) in [5.41, 5.74) is 1.20. The molecule has 1 aromatic carbocycles. The molecular formula is C12H19NO2. The number of benzene rings is 1. The second-order valence-electron chi connectivity index (χ2n) is 3.44. The third-order valence-electron chi connectivity index (χ3n) is 2.42. The highest BCUT2D eigenvalue weighted by molar-refractivity contribution is 5.33. The Hall–Kier alpha value is -1.06. The van der Waals surface area contributed by atoms with Crippen molar-refractivity contribution in [2.24, 2.45) is 0 Å². The molecule has 3 nitrogen and oxygen atoms in total. The third kappa shape index (κ3) is 3.53. The maximum Gasteiger partial charge on any atom is 0.122 e. The van der Waals surface area contributed by atoms with Gasteiger partial charge in [0.1, 0.15) is 12.4 Å². The lowest BCUT2D eigenvalue weighted by Crippen LogP contribution is -2.35. The SMILES string of the molecule is CCc1ccccc1OCC(CO)NC. The molecule has 15 heavy (non-hydrogen) atoms. The van der Waals surface area contributed by atoms with Crippen LogP contribution in [0, 0.1) is 0 Å². The minimum atomic E-state index is -0.00471. The van der Waals surface area contributed by atoms with Crippen molar-refractivity contribution in [2.45, 2.75) is 19.4 Å². The smallest absolute Gasteiger partial charge is 0.122 e. The van der Waals surface area contributed by atoms with E-state index in [2.05, 4.69) is 18.3 Å². The summed E-state index contributed by atoms with van der Waals surface area (Å²) in [6, 6.07) is 7.98. The van der Waals surface area contributed by atoms with Crippen molar-refractivity contribution in [3.8, 4) is 5.75 Å². The van der Waals surface area contributed by atoms with E-state index in [1.807, 2.05) is 25.2 Å². The van der Waals surface area contributed by atoms with Crippen molar-refractivity contribution in [3.63, 3.8) is 0 Å². The van der Waals surface area contributed by atoms with E-state index in [-0.39, 0.29) is 12.6 Å². The van der Waals surface area contributed by atoms with Gasteiger partial charge in [-0.15, -0.1) is 0 Å². The number of para-hydroxylation sites is 1. The second kappa shape index (κ2) is 6.43. The van der Waals surface area contributed by atoms with Gasteiger partial charge in [-0.25, -0.2) is 0 Å². The molecule has 1 atom stereocenters. The molecule has 0 aromatic heterocycles. The monoisotopic (exact) mass is 209 g/mol. The first kappa shape index (κ1) is 12.0. The van der Waals surface area contributed by atoms with Crippen LogP contribution in [0.2, 0.25) is 0 Å². The zero-order valence-corrected chi connectivity index (χ0v) is 9.36. The van der Waals surface area contributed by atoms with E-state index in [0.717, 1.165) is 12.2 Å². The summed E-state index contributed by atoms with van der Waals surface area (Å²) in [4.78, 5) is 0. The van der Waals surface area contributed by atoms with Crippen LogP contribution >= 0.6 is 0 Å². The minimum Gasteiger partial charge on any atom is -0.492 e. The van der Waals surface area contributed by atoms with Crippen LogP contribution in [0.1, 0.15) is 12.5 Å². The average Bonchev–Trinajstić information content (AvgIpc) is 2.31. The molecule has 0 saturated heterocycles. The number of aliphatic hydroxyl groups excluding tert-OH is 1. The van der Waals surface area contributed by atoms with Crippen molar-refractivity contribution in [1.29, 1.82) is 0 Å². The zero-order valence-electron chi connectivity index (χ0n) is 9.36. The molecule has 0 heterocycles. The van der Waals surface area contributed by atoms with Crippen molar-refractivity contribution < 1.29 is 9.84 Å². The number of ether oxygens (including phenoxy) is 1. The zero-order chi connectivity index (χ0) is 11.1. The molecule has 0 bridgehead atoms. The lowest BCUT2D eigenvalue weighted by atomic mass is 10.1. The molecule has 1 aromatic rings. The van der Waals surface area contributed by atoms with Crippen LogP contribution in [0.25, 0.3) is 0 Å². The molecular weight excluding hydrogens is 190 g/mol. The van der Waals surface area contributed by atoms with Gasteiger partial charge in [-0.2, -0.15) is 0 Å². The lowest BCUT2D eigenvalue weighted by Gasteiger charge is -2.16. The highest BCUT2D eigenvalue weighted by Crippen LogP contribution is 2.18. The van der Waals surface area contributed by atoms with Crippen LogP contribution in [-0.4, -0.2) is 31.4 Å². The lowest BCUT2D eigenvalue weighted by molar-refractivity contribution is 0.188. The average molecular weight is 209 g/mol. The quantitative estimate of drug-likeness (QED) is 0.740. The van der Waals surface area contributed by atoms with Crippen LogP contribution < -0.4 is 10.1 Å². The second-order valence-corrected chi connectivity index (χ2v) is 3.44. The van der Waals surface area contributed by atoms with E-state index in [4.69, 9.17) is 9.84 Å². The largest absolute Gasteiger partial charge is 0.492 e. The van der Waals surface area contributed by atoms with E-state index >= 15 is 0 Å². The predicted octanol–water partition coefficient (Wildman–Crippen LogP) is 1.21. The first-order valence-corrected chi connectivity index (χ1v) is 5.30. The summed E-state index contributed by atoms with van der Waals surface area (Å²) in [6.07, 6.45) is 0.958. The predicted molar refractivity (Wildman–Crippen MR) is 61.2 cm³/mol. The van der Waals surface area contributed by atoms with Crippen LogP contribution in [-0.2, 0) is 6.42 Å². The van der Waals surface area contributed by atoms with Gasteiger partial charge in [0.2, 0.25) is 0 Å². The van der Waals surface area contributed by atoms with Gasteiger partial charge in [-0.1, -0.05) is 25.1 Å². The molecule has 1 unspecified atom stereocenters. The Morgan fingerprint density at radius 3 is 2.73 bits per heavy atom. The van der Waals surface area contributed by atoms with Gasteiger partial charge >= 0.3 is 0 Å². The van der Waals surface area contributed by atoms with Gasteiger partial charge < -0.3 is 15.2 Å². The van der Waals surface area contributed by atoms with E-state index in [9.17, 15) is 0 Å². The number of hydrogen-bond donors (Lipinski definition) is 2. The van der Waals surface area contributed by atoms with Gasteiger partial charge in [-0.3, -0.25) is 0 Å². The first-order chi connectivity index (χ1) is 7.31. The van der Waals surface area contributed by atoms with Crippen molar-refractivity contribution >= 4 is 0 Å². The molecule has 0 aliphatic heterocycles. The summed E-state index contributed by atoms with van der Waals surface area (Å²) in [7, 11) is 1.82. The molecule has 0 amide bonds. The Kier molecular flexibility index (Phi) is 5.15. The first-order valence-electron chi connectivity index (χ1n) is 5.30. The van der Waals surface area contributed by atoms with E-state index in [0.29, 0.717) is 6.61 Å². The minimum absolute atomic E-state index is 0.00471. The fourth-order valence-electron chi connectivity index (χ4n) is 1.35. The molecule has 0 spiro atoms. The van der Waals surface area contributed by atoms with Gasteiger partial charge in [0.05, 0.1) is 12.6 Å². The number of aryl methyl sites for hydroxylation is 1. The van der Waals surface area contributed by atoms with Gasteiger partial charge in [0.25, 0.3) is 0 Å². The molecule has 0 saturated carbocycles. The molecule has 0 aliphatic rings. The highest BCUT2D eigenvalue weighted by atomic mass is 16.5. The third-order valence-corrected chi connectivity index (χ3v) is 2.42. The molecule has 0 radical (unpaired) electrons. The Bertz CT molecular complexity index is 285. The fraction of sp³-hybridized carbons (Fsp3) is 0.500.